The zero-order chi connectivity index (χ0) is 18.6. The summed E-state index contributed by atoms with van der Waals surface area (Å²) in [5.74, 6) is -0.630. The normalized spacial score (nSPS) is 11.2. The first-order chi connectivity index (χ1) is 11.7. The number of hydrogen-bond donors (Lipinski definition) is 2. The van der Waals surface area contributed by atoms with Crippen molar-refractivity contribution >= 4 is 44.7 Å². The first-order valence-corrected chi connectivity index (χ1v) is 9.51. The third-order valence-corrected chi connectivity index (χ3v) is 4.51. The molecular weight excluding hydrogens is 364 g/mol. The molecule has 2 aromatic rings. The average Bonchev–Trinajstić information content (AvgIpc) is 2.50. The summed E-state index contributed by atoms with van der Waals surface area (Å²) in [5, 5.41) is 3.30. The van der Waals surface area contributed by atoms with E-state index in [1.54, 1.807) is 35.2 Å². The molecule has 2 aromatic carbocycles. The predicted octanol–water partition coefficient (Wildman–Crippen LogP) is 3.63. The molecule has 0 aromatic heterocycles. The Bertz CT molecular complexity index is 867. The van der Waals surface area contributed by atoms with Gasteiger partial charge in [-0.05, 0) is 48.9 Å². The van der Waals surface area contributed by atoms with Crippen LogP contribution in [0.1, 0.15) is 12.5 Å². The largest absolute Gasteiger partial charge is 0.340 e. The van der Waals surface area contributed by atoms with Gasteiger partial charge in [-0.2, -0.15) is 8.42 Å². The fourth-order valence-electron chi connectivity index (χ4n) is 2.34. The van der Waals surface area contributed by atoms with Crippen molar-refractivity contribution in [2.45, 2.75) is 13.8 Å². The van der Waals surface area contributed by atoms with E-state index in [-0.39, 0.29) is 12.5 Å². The van der Waals surface area contributed by atoms with E-state index in [9.17, 15) is 13.2 Å². The Morgan fingerprint density at radius 2 is 1.76 bits per heavy atom. The van der Waals surface area contributed by atoms with E-state index in [2.05, 4.69) is 5.32 Å². The molecule has 25 heavy (non-hydrogen) atoms. The van der Waals surface area contributed by atoms with E-state index >= 15 is 0 Å². The second-order valence-electron chi connectivity index (χ2n) is 5.59. The summed E-state index contributed by atoms with van der Waals surface area (Å²) in [7, 11) is -4.12. The number of benzene rings is 2. The molecule has 0 saturated heterocycles. The molecule has 0 spiro atoms. The number of nitrogens with one attached hydrogen (secondary N) is 1. The maximum absolute atomic E-state index is 11.4. The number of rotatable bonds is 6. The maximum Gasteiger partial charge on any atom is 0.266 e. The lowest BCUT2D eigenvalue weighted by Gasteiger charge is -2.25. The number of carbonyl (C=O) groups excluding carboxylic acids is 1. The number of hydrogen-bond acceptors (Lipinski definition) is 4. The van der Waals surface area contributed by atoms with Gasteiger partial charge < -0.3 is 10.2 Å². The highest BCUT2D eigenvalue weighted by atomic mass is 35.5. The van der Waals surface area contributed by atoms with Gasteiger partial charge in [-0.15, -0.1) is 0 Å². The smallest absolute Gasteiger partial charge is 0.266 e. The summed E-state index contributed by atoms with van der Waals surface area (Å²) in [6.07, 6.45) is 0. The lowest BCUT2D eigenvalue weighted by atomic mass is 10.1. The molecular formula is C17H19ClN2O4S. The van der Waals surface area contributed by atoms with Crippen LogP contribution < -0.4 is 10.2 Å². The molecule has 2 N–H and O–H groups in total. The quantitative estimate of drug-likeness (QED) is 0.745. The molecule has 0 heterocycles. The fraction of sp³-hybridized carbons (Fsp3) is 0.235. The number of anilines is 3. The van der Waals surface area contributed by atoms with Gasteiger partial charge in [0.05, 0.1) is 5.75 Å². The van der Waals surface area contributed by atoms with Gasteiger partial charge in [0.1, 0.15) is 0 Å². The van der Waals surface area contributed by atoms with Crippen LogP contribution in [-0.4, -0.2) is 31.2 Å². The summed E-state index contributed by atoms with van der Waals surface area (Å²) in [6, 6.07) is 12.3. The number of halogens is 1. The van der Waals surface area contributed by atoms with Crippen molar-refractivity contribution in [1.29, 1.82) is 0 Å². The van der Waals surface area contributed by atoms with E-state index in [0.29, 0.717) is 22.1 Å². The van der Waals surface area contributed by atoms with Crippen LogP contribution in [0.3, 0.4) is 0 Å². The number of aryl methyl sites for hydroxylation is 1. The molecule has 0 aliphatic carbocycles. The molecule has 0 aliphatic rings. The summed E-state index contributed by atoms with van der Waals surface area (Å²) >= 11 is 5.91. The third-order valence-electron chi connectivity index (χ3n) is 3.55. The average molecular weight is 383 g/mol. The number of amides is 1. The number of nitrogens with zero attached hydrogens (tertiary/aromatic N) is 1. The fourth-order valence-corrected chi connectivity index (χ4v) is 2.88. The lowest BCUT2D eigenvalue weighted by Crippen LogP contribution is -2.25. The molecule has 0 bridgehead atoms. The topological polar surface area (TPSA) is 86.7 Å². The summed E-state index contributed by atoms with van der Waals surface area (Å²) in [6.45, 7) is 3.32. The highest BCUT2D eigenvalue weighted by Crippen LogP contribution is 2.30. The van der Waals surface area contributed by atoms with E-state index in [4.69, 9.17) is 16.2 Å². The Balaban J connectivity index is 2.43. The Morgan fingerprint density at radius 1 is 1.16 bits per heavy atom. The summed E-state index contributed by atoms with van der Waals surface area (Å²) in [4.78, 5) is 13.1. The molecule has 0 radical (unpaired) electrons. The Labute approximate surface area is 152 Å². The third kappa shape index (κ3) is 5.74. The Kier molecular flexibility index (Phi) is 6.05. The minimum Gasteiger partial charge on any atom is -0.340 e. The van der Waals surface area contributed by atoms with Crippen LogP contribution >= 0.6 is 11.6 Å². The standard InChI is InChI=1S/C17H19ClN2O4S/c1-12-3-6-16(11-17(12)19-13(2)21)20(9-10-25(22,23)24)15-7-4-14(18)5-8-15/h3-8,11H,9-10H2,1-2H3,(H,19,21)(H,22,23,24). The zero-order valence-electron chi connectivity index (χ0n) is 13.9. The van der Waals surface area contributed by atoms with E-state index in [0.717, 1.165) is 5.56 Å². The molecule has 0 unspecified atom stereocenters. The Hall–Kier alpha value is -2.09. The minimum absolute atomic E-state index is 0.0447. The summed E-state index contributed by atoms with van der Waals surface area (Å²) in [5.41, 5.74) is 2.91. The van der Waals surface area contributed by atoms with Gasteiger partial charge >= 0.3 is 0 Å². The van der Waals surface area contributed by atoms with Crippen molar-refractivity contribution in [1.82, 2.24) is 0 Å². The lowest BCUT2D eigenvalue weighted by molar-refractivity contribution is -0.114. The highest BCUT2D eigenvalue weighted by molar-refractivity contribution is 7.85. The van der Waals surface area contributed by atoms with Gasteiger partial charge in [0, 0.05) is 35.6 Å². The van der Waals surface area contributed by atoms with Crippen molar-refractivity contribution in [3.63, 3.8) is 0 Å². The number of carbonyl (C=O) groups is 1. The van der Waals surface area contributed by atoms with Crippen LogP contribution in [0.5, 0.6) is 0 Å². The molecule has 0 atom stereocenters. The molecule has 0 saturated carbocycles. The molecule has 2 rings (SSSR count). The molecule has 8 heteroatoms. The van der Waals surface area contributed by atoms with Crippen LogP contribution in [0.25, 0.3) is 0 Å². The van der Waals surface area contributed by atoms with Gasteiger partial charge in [-0.25, -0.2) is 0 Å². The van der Waals surface area contributed by atoms with Crippen molar-refractivity contribution in [3.05, 3.63) is 53.1 Å². The monoisotopic (exact) mass is 382 g/mol. The van der Waals surface area contributed by atoms with Gasteiger partial charge in [-0.3, -0.25) is 9.35 Å². The highest BCUT2D eigenvalue weighted by Gasteiger charge is 2.15. The first-order valence-electron chi connectivity index (χ1n) is 7.52. The second kappa shape index (κ2) is 7.86. The Morgan fingerprint density at radius 3 is 2.32 bits per heavy atom. The van der Waals surface area contributed by atoms with Crippen LogP contribution in [0, 0.1) is 6.92 Å². The molecule has 1 amide bonds. The van der Waals surface area contributed by atoms with Crippen LogP contribution in [0.2, 0.25) is 5.02 Å². The molecule has 6 nitrogen and oxygen atoms in total. The summed E-state index contributed by atoms with van der Waals surface area (Å²) < 4.78 is 31.4. The van der Waals surface area contributed by atoms with Crippen molar-refractivity contribution in [3.8, 4) is 0 Å². The van der Waals surface area contributed by atoms with Crippen molar-refractivity contribution in [2.24, 2.45) is 0 Å². The van der Waals surface area contributed by atoms with E-state index in [1.165, 1.54) is 6.92 Å². The first kappa shape index (κ1) is 19.2. The molecule has 0 aliphatic heterocycles. The van der Waals surface area contributed by atoms with E-state index in [1.807, 2.05) is 19.1 Å². The molecule has 0 fully saturated rings. The minimum atomic E-state index is -4.12. The van der Waals surface area contributed by atoms with Crippen LogP contribution in [0.4, 0.5) is 17.1 Å². The van der Waals surface area contributed by atoms with Crippen molar-refractivity contribution < 1.29 is 17.8 Å². The van der Waals surface area contributed by atoms with Crippen molar-refractivity contribution in [2.75, 3.05) is 22.5 Å². The maximum atomic E-state index is 11.4. The molecule has 134 valence electrons. The van der Waals surface area contributed by atoms with Gasteiger partial charge in [0.25, 0.3) is 10.1 Å². The zero-order valence-corrected chi connectivity index (χ0v) is 15.4. The SMILES string of the molecule is CC(=O)Nc1cc(N(CCS(=O)(=O)O)c2ccc(Cl)cc2)ccc1C. The van der Waals surface area contributed by atoms with Crippen LogP contribution in [-0.2, 0) is 14.9 Å². The van der Waals surface area contributed by atoms with E-state index < -0.39 is 15.9 Å². The van der Waals surface area contributed by atoms with Gasteiger partial charge in [0.15, 0.2) is 0 Å². The van der Waals surface area contributed by atoms with Gasteiger partial charge in [-0.1, -0.05) is 17.7 Å². The second-order valence-corrected chi connectivity index (χ2v) is 7.60. The van der Waals surface area contributed by atoms with Crippen LogP contribution in [0.15, 0.2) is 42.5 Å². The predicted molar refractivity (Wildman–Crippen MR) is 100 cm³/mol. The van der Waals surface area contributed by atoms with Gasteiger partial charge in [0.2, 0.25) is 5.91 Å².